The number of amides is 1. The van der Waals surface area contributed by atoms with Crippen LogP contribution in [0.25, 0.3) is 0 Å². The number of carbonyl (C=O) groups is 1. The Hall–Kier alpha value is -0.570. The van der Waals surface area contributed by atoms with Crippen LogP contribution >= 0.6 is 0 Å². The zero-order valence-corrected chi connectivity index (χ0v) is 9.25. The summed E-state index contributed by atoms with van der Waals surface area (Å²) in [6.45, 7) is 4.85. The van der Waals surface area contributed by atoms with Gasteiger partial charge in [0.2, 0.25) is 5.91 Å². The van der Waals surface area contributed by atoms with Crippen molar-refractivity contribution in [2.24, 2.45) is 17.6 Å². The van der Waals surface area contributed by atoms with Gasteiger partial charge in [0, 0.05) is 12.5 Å². The lowest BCUT2D eigenvalue weighted by atomic mass is 10.1. The first-order valence-corrected chi connectivity index (χ1v) is 5.61. The van der Waals surface area contributed by atoms with E-state index in [1.165, 1.54) is 6.42 Å². The smallest absolute Gasteiger partial charge is 0.220 e. The van der Waals surface area contributed by atoms with Crippen molar-refractivity contribution in [3.8, 4) is 0 Å². The average molecular weight is 198 g/mol. The predicted octanol–water partition coefficient (Wildman–Crippen LogP) is 1.28. The van der Waals surface area contributed by atoms with Gasteiger partial charge in [0.05, 0.1) is 0 Å². The van der Waals surface area contributed by atoms with Crippen LogP contribution in [-0.2, 0) is 4.79 Å². The lowest BCUT2D eigenvalue weighted by Gasteiger charge is -2.14. The summed E-state index contributed by atoms with van der Waals surface area (Å²) < 4.78 is 0. The molecule has 0 bridgehead atoms. The number of hydrogen-bond donors (Lipinski definition) is 2. The number of nitrogens with one attached hydrogen (secondary N) is 1. The highest BCUT2D eigenvalue weighted by atomic mass is 16.1. The highest BCUT2D eigenvalue weighted by Gasteiger charge is 2.22. The molecule has 0 saturated heterocycles. The molecule has 14 heavy (non-hydrogen) atoms. The van der Waals surface area contributed by atoms with E-state index in [0.717, 1.165) is 18.8 Å². The van der Waals surface area contributed by atoms with Gasteiger partial charge in [-0.05, 0) is 37.6 Å². The SMILES string of the molecule is CC(CN)CC(=O)NC1CCC(C)C1. The lowest BCUT2D eigenvalue weighted by Crippen LogP contribution is -2.34. The van der Waals surface area contributed by atoms with Crippen LogP contribution in [0.4, 0.5) is 0 Å². The minimum Gasteiger partial charge on any atom is -0.353 e. The van der Waals surface area contributed by atoms with Crippen molar-refractivity contribution in [2.45, 2.75) is 45.6 Å². The van der Waals surface area contributed by atoms with Crippen molar-refractivity contribution >= 4 is 5.91 Å². The number of nitrogens with two attached hydrogens (primary N) is 1. The fourth-order valence-corrected chi connectivity index (χ4v) is 2.02. The van der Waals surface area contributed by atoms with Gasteiger partial charge in [-0.25, -0.2) is 0 Å². The van der Waals surface area contributed by atoms with E-state index in [4.69, 9.17) is 5.73 Å². The molecule has 3 N–H and O–H groups in total. The van der Waals surface area contributed by atoms with Gasteiger partial charge in [0.1, 0.15) is 0 Å². The summed E-state index contributed by atoms with van der Waals surface area (Å²) in [5.74, 6) is 1.24. The quantitative estimate of drug-likeness (QED) is 0.715. The second kappa shape index (κ2) is 5.35. The number of carbonyl (C=O) groups excluding carboxylic acids is 1. The lowest BCUT2D eigenvalue weighted by molar-refractivity contribution is -0.122. The van der Waals surface area contributed by atoms with Crippen LogP contribution in [0.15, 0.2) is 0 Å². The molecule has 0 radical (unpaired) electrons. The van der Waals surface area contributed by atoms with Crippen LogP contribution in [-0.4, -0.2) is 18.5 Å². The summed E-state index contributed by atoms with van der Waals surface area (Å²) in [4.78, 5) is 11.5. The van der Waals surface area contributed by atoms with Gasteiger partial charge in [-0.2, -0.15) is 0 Å². The van der Waals surface area contributed by atoms with E-state index in [1.807, 2.05) is 6.92 Å². The Kier molecular flexibility index (Phi) is 4.39. The van der Waals surface area contributed by atoms with Crippen LogP contribution in [0.1, 0.15) is 39.5 Å². The molecule has 3 unspecified atom stereocenters. The van der Waals surface area contributed by atoms with Crippen molar-refractivity contribution in [2.75, 3.05) is 6.54 Å². The second-order valence-electron chi connectivity index (χ2n) is 4.73. The molecule has 3 heteroatoms. The van der Waals surface area contributed by atoms with E-state index in [-0.39, 0.29) is 5.91 Å². The van der Waals surface area contributed by atoms with Crippen molar-refractivity contribution in [1.82, 2.24) is 5.32 Å². The normalized spacial score (nSPS) is 28.8. The van der Waals surface area contributed by atoms with E-state index in [9.17, 15) is 4.79 Å². The first kappa shape index (κ1) is 11.5. The molecule has 1 aliphatic carbocycles. The van der Waals surface area contributed by atoms with E-state index in [1.54, 1.807) is 0 Å². The molecule has 0 aromatic carbocycles. The Morgan fingerprint density at radius 3 is 2.79 bits per heavy atom. The molecule has 3 atom stereocenters. The molecular formula is C11H22N2O. The van der Waals surface area contributed by atoms with Crippen molar-refractivity contribution in [3.63, 3.8) is 0 Å². The highest BCUT2D eigenvalue weighted by molar-refractivity contribution is 5.76. The summed E-state index contributed by atoms with van der Waals surface area (Å²) >= 11 is 0. The van der Waals surface area contributed by atoms with Crippen molar-refractivity contribution < 1.29 is 4.79 Å². The molecule has 0 aromatic rings. The molecule has 1 fully saturated rings. The van der Waals surface area contributed by atoms with Gasteiger partial charge < -0.3 is 11.1 Å². The molecule has 1 rings (SSSR count). The largest absolute Gasteiger partial charge is 0.353 e. The molecule has 3 nitrogen and oxygen atoms in total. The van der Waals surface area contributed by atoms with Crippen molar-refractivity contribution in [1.29, 1.82) is 0 Å². The zero-order valence-electron chi connectivity index (χ0n) is 9.25. The Balaban J connectivity index is 2.20. The third-order valence-corrected chi connectivity index (χ3v) is 3.00. The van der Waals surface area contributed by atoms with E-state index in [2.05, 4.69) is 12.2 Å². The summed E-state index contributed by atoms with van der Waals surface area (Å²) in [5.41, 5.74) is 5.47. The number of rotatable bonds is 4. The van der Waals surface area contributed by atoms with E-state index in [0.29, 0.717) is 24.9 Å². The summed E-state index contributed by atoms with van der Waals surface area (Å²) in [6, 6.07) is 0.419. The first-order valence-electron chi connectivity index (χ1n) is 5.61. The molecule has 0 aliphatic heterocycles. The van der Waals surface area contributed by atoms with Crippen LogP contribution < -0.4 is 11.1 Å². The van der Waals surface area contributed by atoms with Crippen LogP contribution in [0, 0.1) is 11.8 Å². The fourth-order valence-electron chi connectivity index (χ4n) is 2.02. The van der Waals surface area contributed by atoms with Gasteiger partial charge >= 0.3 is 0 Å². The van der Waals surface area contributed by atoms with Crippen LogP contribution in [0.5, 0.6) is 0 Å². The Bertz CT molecular complexity index is 194. The standard InChI is InChI=1S/C11H22N2O/c1-8-3-4-10(5-8)13-11(14)6-9(2)7-12/h8-10H,3-7,12H2,1-2H3,(H,13,14). The minimum absolute atomic E-state index is 0.169. The predicted molar refractivity (Wildman–Crippen MR) is 57.8 cm³/mol. The maximum Gasteiger partial charge on any atom is 0.220 e. The Morgan fingerprint density at radius 1 is 1.57 bits per heavy atom. The highest BCUT2D eigenvalue weighted by Crippen LogP contribution is 2.24. The Labute approximate surface area is 86.4 Å². The molecule has 1 amide bonds. The average Bonchev–Trinajstić information content (AvgIpc) is 2.50. The molecule has 82 valence electrons. The first-order chi connectivity index (χ1) is 6.61. The van der Waals surface area contributed by atoms with Gasteiger partial charge in [0.15, 0.2) is 0 Å². The Morgan fingerprint density at radius 2 is 2.29 bits per heavy atom. The monoisotopic (exact) mass is 198 g/mol. The van der Waals surface area contributed by atoms with Gasteiger partial charge in [0.25, 0.3) is 0 Å². The summed E-state index contributed by atoms with van der Waals surface area (Å²) in [7, 11) is 0. The van der Waals surface area contributed by atoms with E-state index >= 15 is 0 Å². The van der Waals surface area contributed by atoms with Crippen molar-refractivity contribution in [3.05, 3.63) is 0 Å². The van der Waals surface area contributed by atoms with Gasteiger partial charge in [-0.1, -0.05) is 13.8 Å². The van der Waals surface area contributed by atoms with Crippen LogP contribution in [0.2, 0.25) is 0 Å². The molecule has 0 spiro atoms. The fraction of sp³-hybridized carbons (Fsp3) is 0.909. The molecule has 1 saturated carbocycles. The maximum absolute atomic E-state index is 11.5. The second-order valence-corrected chi connectivity index (χ2v) is 4.73. The van der Waals surface area contributed by atoms with Gasteiger partial charge in [-0.3, -0.25) is 4.79 Å². The molecule has 0 heterocycles. The molecule has 0 aromatic heterocycles. The third kappa shape index (κ3) is 3.66. The summed E-state index contributed by atoms with van der Waals surface area (Å²) in [6.07, 6.45) is 4.10. The topological polar surface area (TPSA) is 55.1 Å². The zero-order chi connectivity index (χ0) is 10.6. The third-order valence-electron chi connectivity index (χ3n) is 3.00. The molecular weight excluding hydrogens is 176 g/mol. The maximum atomic E-state index is 11.5. The minimum atomic E-state index is 0.169. The molecule has 1 aliphatic rings. The number of hydrogen-bond acceptors (Lipinski definition) is 2. The summed E-state index contributed by atoms with van der Waals surface area (Å²) in [5, 5.41) is 3.08. The van der Waals surface area contributed by atoms with Gasteiger partial charge in [-0.15, -0.1) is 0 Å². The van der Waals surface area contributed by atoms with E-state index < -0.39 is 0 Å². The van der Waals surface area contributed by atoms with Crippen LogP contribution in [0.3, 0.4) is 0 Å².